The highest BCUT2D eigenvalue weighted by atomic mass is 16.5. The summed E-state index contributed by atoms with van der Waals surface area (Å²) in [6.07, 6.45) is 1.81. The molecule has 0 unspecified atom stereocenters. The van der Waals surface area contributed by atoms with Gasteiger partial charge < -0.3 is 9.47 Å². The van der Waals surface area contributed by atoms with Gasteiger partial charge in [0.25, 0.3) is 0 Å². The van der Waals surface area contributed by atoms with Crippen molar-refractivity contribution in [1.29, 1.82) is 0 Å². The summed E-state index contributed by atoms with van der Waals surface area (Å²) >= 11 is 0. The van der Waals surface area contributed by atoms with E-state index in [-0.39, 0.29) is 0 Å². The van der Waals surface area contributed by atoms with Crippen molar-refractivity contribution in [3.8, 4) is 11.5 Å². The molecule has 3 nitrogen and oxygen atoms in total. The van der Waals surface area contributed by atoms with Crippen LogP contribution in [0.5, 0.6) is 11.5 Å². The monoisotopic (exact) mass is 193 g/mol. The Labute approximate surface area is 83.6 Å². The minimum absolute atomic E-state index is 0.444. The van der Waals surface area contributed by atoms with Crippen molar-refractivity contribution in [2.45, 2.75) is 13.8 Å². The number of hydrogen-bond donors (Lipinski definition) is 0. The van der Waals surface area contributed by atoms with Crippen molar-refractivity contribution in [1.82, 2.24) is 0 Å². The highest BCUT2D eigenvalue weighted by Gasteiger charge is 2.02. The van der Waals surface area contributed by atoms with Crippen LogP contribution in [-0.2, 0) is 4.79 Å². The van der Waals surface area contributed by atoms with Crippen molar-refractivity contribution in [3.05, 3.63) is 23.8 Å². The van der Waals surface area contributed by atoms with E-state index in [1.165, 1.54) is 0 Å². The fraction of sp³-hybridized carbons (Fsp3) is 0.364. The maximum absolute atomic E-state index is 10.5. The van der Waals surface area contributed by atoms with E-state index in [1.807, 2.05) is 20.1 Å². The van der Waals surface area contributed by atoms with Gasteiger partial charge in [-0.1, -0.05) is 0 Å². The molecule has 1 aromatic carbocycles. The summed E-state index contributed by atoms with van der Waals surface area (Å²) in [5, 5.41) is 0. The number of rotatable bonds is 5. The molecule has 0 N–H and O–H groups in total. The quantitative estimate of drug-likeness (QED) is 0.716. The van der Waals surface area contributed by atoms with Crippen molar-refractivity contribution in [2.75, 3.05) is 13.2 Å². The Morgan fingerprint density at radius 3 is 1.93 bits per heavy atom. The van der Waals surface area contributed by atoms with Gasteiger partial charge in [-0.25, -0.2) is 0 Å². The van der Waals surface area contributed by atoms with E-state index in [4.69, 9.17) is 9.47 Å². The fourth-order valence-corrected chi connectivity index (χ4v) is 1.13. The molecule has 0 aliphatic carbocycles. The van der Waals surface area contributed by atoms with Crippen LogP contribution in [0, 0.1) is 0 Å². The van der Waals surface area contributed by atoms with Gasteiger partial charge in [0.15, 0.2) is 0 Å². The minimum atomic E-state index is 0.444. The van der Waals surface area contributed by atoms with Gasteiger partial charge >= 0.3 is 0 Å². The molecule has 75 valence electrons. The van der Waals surface area contributed by atoms with Gasteiger partial charge in [0.05, 0.1) is 13.2 Å². The lowest BCUT2D eigenvalue weighted by molar-refractivity contribution is 0.323. The van der Waals surface area contributed by atoms with E-state index in [0.717, 1.165) is 0 Å². The molecule has 0 spiro atoms. The average molecular weight is 193 g/mol. The van der Waals surface area contributed by atoms with Gasteiger partial charge in [-0.15, -0.1) is 0 Å². The zero-order chi connectivity index (χ0) is 10.4. The van der Waals surface area contributed by atoms with Gasteiger partial charge in [0.2, 0.25) is 6.29 Å². The second-order valence-electron chi connectivity index (χ2n) is 2.66. The molecule has 0 atom stereocenters. The van der Waals surface area contributed by atoms with Crippen LogP contribution in [0.4, 0.5) is 0 Å². The molecule has 0 amide bonds. The predicted octanol–water partition coefficient (Wildman–Crippen LogP) is 1.94. The summed E-state index contributed by atoms with van der Waals surface area (Å²) in [6.45, 7) is 4.90. The number of carbonyl (C=O) groups excluding carboxylic acids is 1. The Morgan fingerprint density at radius 1 is 1.07 bits per heavy atom. The fourth-order valence-electron chi connectivity index (χ4n) is 1.13. The SMILES string of the molecule is CCOc1cc([C]=O)cc(OCC)c1. The van der Waals surface area contributed by atoms with Gasteiger partial charge in [-0.05, 0) is 26.0 Å². The molecule has 14 heavy (non-hydrogen) atoms. The molecule has 0 aromatic heterocycles. The molecule has 1 radical (unpaired) electrons. The third kappa shape index (κ3) is 2.76. The zero-order valence-corrected chi connectivity index (χ0v) is 8.37. The van der Waals surface area contributed by atoms with Crippen LogP contribution in [0.25, 0.3) is 0 Å². The highest BCUT2D eigenvalue weighted by Crippen LogP contribution is 2.22. The molecule has 1 aromatic rings. The Hall–Kier alpha value is -1.51. The van der Waals surface area contributed by atoms with Crippen LogP contribution < -0.4 is 9.47 Å². The van der Waals surface area contributed by atoms with Crippen LogP contribution in [0.3, 0.4) is 0 Å². The van der Waals surface area contributed by atoms with Crippen LogP contribution in [0.1, 0.15) is 19.4 Å². The predicted molar refractivity (Wildman–Crippen MR) is 53.6 cm³/mol. The van der Waals surface area contributed by atoms with Crippen LogP contribution in [0.2, 0.25) is 0 Å². The molecule has 0 aliphatic heterocycles. The lowest BCUT2D eigenvalue weighted by Gasteiger charge is -2.07. The standard InChI is InChI=1S/C11H13O3/c1-3-13-10-5-9(8-12)6-11(7-10)14-4-2/h5-7H,3-4H2,1-2H3. The first-order valence-electron chi connectivity index (χ1n) is 4.59. The van der Waals surface area contributed by atoms with E-state index in [1.54, 1.807) is 18.2 Å². The van der Waals surface area contributed by atoms with Crippen LogP contribution in [0.15, 0.2) is 18.2 Å². The molecule has 1 rings (SSSR count). The summed E-state index contributed by atoms with van der Waals surface area (Å²) < 4.78 is 10.6. The van der Waals surface area contributed by atoms with E-state index >= 15 is 0 Å². The smallest absolute Gasteiger partial charge is 0.233 e. The van der Waals surface area contributed by atoms with E-state index < -0.39 is 0 Å². The van der Waals surface area contributed by atoms with Crippen LogP contribution in [-0.4, -0.2) is 19.5 Å². The van der Waals surface area contributed by atoms with Crippen molar-refractivity contribution >= 4 is 6.29 Å². The molecule has 0 fully saturated rings. The molecular weight excluding hydrogens is 180 g/mol. The second-order valence-corrected chi connectivity index (χ2v) is 2.66. The molecule has 0 saturated heterocycles. The third-order valence-electron chi connectivity index (χ3n) is 1.62. The van der Waals surface area contributed by atoms with E-state index in [2.05, 4.69) is 0 Å². The summed E-state index contributed by atoms with van der Waals surface area (Å²) in [6, 6.07) is 5.03. The molecule has 0 heterocycles. The Balaban J connectivity index is 2.94. The number of ether oxygens (including phenoxy) is 2. The second kappa shape index (κ2) is 5.27. The van der Waals surface area contributed by atoms with Crippen molar-refractivity contribution < 1.29 is 14.3 Å². The first-order chi connectivity index (χ1) is 6.80. The lowest BCUT2D eigenvalue weighted by atomic mass is 10.2. The van der Waals surface area contributed by atoms with Gasteiger partial charge in [0.1, 0.15) is 11.5 Å². The third-order valence-corrected chi connectivity index (χ3v) is 1.62. The highest BCUT2D eigenvalue weighted by molar-refractivity contribution is 5.77. The number of hydrogen-bond acceptors (Lipinski definition) is 3. The summed E-state index contributed by atoms with van der Waals surface area (Å²) in [5.41, 5.74) is 0.444. The topological polar surface area (TPSA) is 35.5 Å². The molecule has 3 heteroatoms. The van der Waals surface area contributed by atoms with Crippen molar-refractivity contribution in [3.63, 3.8) is 0 Å². The zero-order valence-electron chi connectivity index (χ0n) is 8.37. The molecular formula is C11H13O3. The van der Waals surface area contributed by atoms with Crippen LogP contribution >= 0.6 is 0 Å². The van der Waals surface area contributed by atoms with Gasteiger partial charge in [0, 0.05) is 11.6 Å². The maximum atomic E-state index is 10.5. The Kier molecular flexibility index (Phi) is 3.98. The first-order valence-corrected chi connectivity index (χ1v) is 4.59. The van der Waals surface area contributed by atoms with Gasteiger partial charge in [-0.2, -0.15) is 0 Å². The Morgan fingerprint density at radius 2 is 1.57 bits per heavy atom. The normalized spacial score (nSPS) is 9.57. The summed E-state index contributed by atoms with van der Waals surface area (Å²) in [5.74, 6) is 1.27. The number of benzene rings is 1. The maximum Gasteiger partial charge on any atom is 0.233 e. The largest absolute Gasteiger partial charge is 0.494 e. The van der Waals surface area contributed by atoms with Gasteiger partial charge in [-0.3, -0.25) is 4.79 Å². The lowest BCUT2D eigenvalue weighted by Crippen LogP contribution is -1.96. The Bertz CT molecular complexity index is 283. The minimum Gasteiger partial charge on any atom is -0.494 e. The molecule has 0 bridgehead atoms. The summed E-state index contributed by atoms with van der Waals surface area (Å²) in [4.78, 5) is 10.5. The average Bonchev–Trinajstić information content (AvgIpc) is 2.18. The summed E-state index contributed by atoms with van der Waals surface area (Å²) in [7, 11) is 0. The molecule has 0 saturated carbocycles. The van der Waals surface area contributed by atoms with E-state index in [9.17, 15) is 4.79 Å². The first kappa shape index (κ1) is 10.6. The van der Waals surface area contributed by atoms with Crippen molar-refractivity contribution in [2.24, 2.45) is 0 Å². The molecule has 0 aliphatic rings. The van der Waals surface area contributed by atoms with E-state index in [0.29, 0.717) is 30.3 Å².